The van der Waals surface area contributed by atoms with E-state index in [4.69, 9.17) is 15.0 Å². The fourth-order valence-electron chi connectivity index (χ4n) is 2.85. The summed E-state index contributed by atoms with van der Waals surface area (Å²) in [7, 11) is 0. The zero-order valence-electron chi connectivity index (χ0n) is 10.5. The number of nitrogens with zero attached hydrogens (tertiary/aromatic N) is 2. The zero-order valence-corrected chi connectivity index (χ0v) is 10.5. The van der Waals surface area contributed by atoms with Gasteiger partial charge in [-0.2, -0.15) is 4.98 Å². The third-order valence-corrected chi connectivity index (χ3v) is 4.07. The average Bonchev–Trinajstić information content (AvgIpc) is 3.00. The summed E-state index contributed by atoms with van der Waals surface area (Å²) in [5.41, 5.74) is 8.65. The predicted octanol–water partition coefficient (Wildman–Crippen LogP) is 1.20. The van der Waals surface area contributed by atoms with Crippen LogP contribution in [-0.2, 0) is 11.2 Å². The minimum absolute atomic E-state index is 0.0385. The molecule has 1 fully saturated rings. The van der Waals surface area contributed by atoms with Gasteiger partial charge in [0.15, 0.2) is 5.82 Å². The fraction of sp³-hybridized carbons (Fsp3) is 0.429. The molecule has 3 unspecified atom stereocenters. The van der Waals surface area contributed by atoms with E-state index in [0.717, 1.165) is 12.2 Å². The van der Waals surface area contributed by atoms with Crippen LogP contribution in [0.15, 0.2) is 28.8 Å². The quantitative estimate of drug-likeness (QED) is 0.875. The number of benzene rings is 1. The van der Waals surface area contributed by atoms with Gasteiger partial charge in [-0.05, 0) is 17.5 Å². The lowest BCUT2D eigenvalue weighted by Gasteiger charge is -2.27. The van der Waals surface area contributed by atoms with Crippen LogP contribution < -0.4 is 5.73 Å². The van der Waals surface area contributed by atoms with Gasteiger partial charge in [0, 0.05) is 6.04 Å². The Kier molecular flexibility index (Phi) is 2.43. The lowest BCUT2D eigenvalue weighted by molar-refractivity contribution is 0.187. The summed E-state index contributed by atoms with van der Waals surface area (Å²) in [5, 5.41) is 4.12. The van der Waals surface area contributed by atoms with Crippen molar-refractivity contribution >= 4 is 0 Å². The molecular weight excluding hydrogens is 242 g/mol. The van der Waals surface area contributed by atoms with Crippen molar-refractivity contribution in [3.63, 3.8) is 0 Å². The smallest absolute Gasteiger partial charge is 0.233 e. The monoisotopic (exact) mass is 257 g/mol. The first-order valence-electron chi connectivity index (χ1n) is 6.57. The van der Waals surface area contributed by atoms with Crippen molar-refractivity contribution in [2.24, 2.45) is 5.73 Å². The molecule has 1 aliphatic heterocycles. The molecule has 2 aliphatic rings. The molecule has 98 valence electrons. The SMILES string of the molecule is NC1COCC1c1nc(C2Cc3ccccc32)no1. The van der Waals surface area contributed by atoms with Gasteiger partial charge in [0.1, 0.15) is 0 Å². The number of rotatable bonds is 2. The highest BCUT2D eigenvalue weighted by Crippen LogP contribution is 2.39. The van der Waals surface area contributed by atoms with E-state index >= 15 is 0 Å². The molecule has 2 N–H and O–H groups in total. The van der Waals surface area contributed by atoms with Crippen LogP contribution >= 0.6 is 0 Å². The molecule has 1 saturated heterocycles. The third-order valence-electron chi connectivity index (χ3n) is 4.07. The molecular formula is C14H15N3O2. The Morgan fingerprint density at radius 2 is 2.11 bits per heavy atom. The van der Waals surface area contributed by atoms with Gasteiger partial charge in [0.25, 0.3) is 0 Å². The first kappa shape index (κ1) is 11.1. The number of fused-ring (bicyclic) bond motifs is 1. The average molecular weight is 257 g/mol. The van der Waals surface area contributed by atoms with E-state index in [1.807, 2.05) is 6.07 Å². The van der Waals surface area contributed by atoms with Crippen molar-refractivity contribution in [3.8, 4) is 0 Å². The molecule has 19 heavy (non-hydrogen) atoms. The third kappa shape index (κ3) is 1.69. The van der Waals surface area contributed by atoms with Crippen molar-refractivity contribution in [1.82, 2.24) is 10.1 Å². The predicted molar refractivity (Wildman–Crippen MR) is 67.8 cm³/mol. The highest BCUT2D eigenvalue weighted by molar-refractivity contribution is 5.43. The standard InChI is InChI=1S/C14H15N3O2/c15-12-7-18-6-11(12)14-16-13(17-19-14)10-5-8-3-1-2-4-9(8)10/h1-4,10-12H,5-7,15H2. The maximum Gasteiger partial charge on any atom is 0.233 e. The Bertz CT molecular complexity index is 610. The second kappa shape index (κ2) is 4.15. The molecule has 5 heteroatoms. The Hall–Kier alpha value is -1.72. The molecule has 4 rings (SSSR count). The lowest BCUT2D eigenvalue weighted by Crippen LogP contribution is -2.27. The number of aromatic nitrogens is 2. The molecule has 5 nitrogen and oxygen atoms in total. The van der Waals surface area contributed by atoms with Crippen molar-refractivity contribution in [3.05, 3.63) is 47.1 Å². The number of hydrogen-bond donors (Lipinski definition) is 1. The van der Waals surface area contributed by atoms with E-state index in [2.05, 4.69) is 28.3 Å². The minimum atomic E-state index is -0.0398. The molecule has 0 bridgehead atoms. The molecule has 0 saturated carbocycles. The summed E-state index contributed by atoms with van der Waals surface area (Å²) >= 11 is 0. The topological polar surface area (TPSA) is 74.2 Å². The summed E-state index contributed by atoms with van der Waals surface area (Å²) in [4.78, 5) is 4.53. The van der Waals surface area contributed by atoms with Crippen LogP contribution in [-0.4, -0.2) is 29.4 Å². The highest BCUT2D eigenvalue weighted by Gasteiger charge is 2.35. The molecule has 0 spiro atoms. The summed E-state index contributed by atoms with van der Waals surface area (Å²) in [6.07, 6.45) is 0.988. The van der Waals surface area contributed by atoms with Crippen LogP contribution in [0.4, 0.5) is 0 Å². The number of nitrogens with two attached hydrogens (primary N) is 1. The van der Waals surface area contributed by atoms with Crippen LogP contribution in [0.25, 0.3) is 0 Å². The molecule has 0 amide bonds. The summed E-state index contributed by atoms with van der Waals surface area (Å²) in [6.45, 7) is 1.14. The summed E-state index contributed by atoms with van der Waals surface area (Å²) in [5.74, 6) is 1.70. The fourth-order valence-corrected chi connectivity index (χ4v) is 2.85. The van der Waals surface area contributed by atoms with Gasteiger partial charge < -0.3 is 15.0 Å². The van der Waals surface area contributed by atoms with E-state index in [0.29, 0.717) is 19.1 Å². The van der Waals surface area contributed by atoms with Crippen molar-refractivity contribution < 1.29 is 9.26 Å². The van der Waals surface area contributed by atoms with Gasteiger partial charge in [0.2, 0.25) is 5.89 Å². The Balaban J connectivity index is 1.60. The van der Waals surface area contributed by atoms with Crippen molar-refractivity contribution in [2.75, 3.05) is 13.2 Å². The van der Waals surface area contributed by atoms with Crippen molar-refractivity contribution in [1.29, 1.82) is 0 Å². The first-order valence-corrected chi connectivity index (χ1v) is 6.57. The van der Waals surface area contributed by atoms with Crippen LogP contribution in [0.3, 0.4) is 0 Å². The van der Waals surface area contributed by atoms with Gasteiger partial charge in [-0.1, -0.05) is 29.4 Å². The Morgan fingerprint density at radius 3 is 2.89 bits per heavy atom. The normalized spacial score (nSPS) is 29.0. The summed E-state index contributed by atoms with van der Waals surface area (Å²) < 4.78 is 10.7. The zero-order chi connectivity index (χ0) is 12.8. The van der Waals surface area contributed by atoms with Gasteiger partial charge in [-0.3, -0.25) is 0 Å². The molecule has 1 aliphatic carbocycles. The van der Waals surface area contributed by atoms with E-state index in [1.165, 1.54) is 11.1 Å². The molecule has 2 heterocycles. The van der Waals surface area contributed by atoms with E-state index < -0.39 is 0 Å². The van der Waals surface area contributed by atoms with Gasteiger partial charge in [-0.25, -0.2) is 0 Å². The second-order valence-electron chi connectivity index (χ2n) is 5.25. The van der Waals surface area contributed by atoms with Crippen LogP contribution in [0, 0.1) is 0 Å². The molecule has 1 aromatic heterocycles. The lowest BCUT2D eigenvalue weighted by atomic mass is 9.77. The maximum absolute atomic E-state index is 5.97. The minimum Gasteiger partial charge on any atom is -0.379 e. The Labute approximate surface area is 110 Å². The largest absolute Gasteiger partial charge is 0.379 e. The summed E-state index contributed by atoms with van der Waals surface area (Å²) in [6, 6.07) is 8.34. The van der Waals surface area contributed by atoms with Crippen LogP contribution in [0.2, 0.25) is 0 Å². The Morgan fingerprint density at radius 1 is 1.21 bits per heavy atom. The van der Waals surface area contributed by atoms with Crippen LogP contribution in [0.1, 0.15) is 34.7 Å². The molecule has 1 aromatic carbocycles. The van der Waals surface area contributed by atoms with Crippen molar-refractivity contribution in [2.45, 2.75) is 24.3 Å². The number of ether oxygens (including phenoxy) is 1. The van der Waals surface area contributed by atoms with E-state index in [-0.39, 0.29) is 17.9 Å². The van der Waals surface area contributed by atoms with Crippen LogP contribution in [0.5, 0.6) is 0 Å². The first-order chi connectivity index (χ1) is 9.33. The van der Waals surface area contributed by atoms with E-state index in [9.17, 15) is 0 Å². The maximum atomic E-state index is 5.97. The second-order valence-corrected chi connectivity index (χ2v) is 5.25. The molecule has 0 radical (unpaired) electrons. The van der Waals surface area contributed by atoms with Gasteiger partial charge in [0.05, 0.1) is 25.0 Å². The molecule has 3 atom stereocenters. The molecule has 2 aromatic rings. The van der Waals surface area contributed by atoms with Gasteiger partial charge >= 0.3 is 0 Å². The van der Waals surface area contributed by atoms with Gasteiger partial charge in [-0.15, -0.1) is 0 Å². The highest BCUT2D eigenvalue weighted by atomic mass is 16.5. The number of hydrogen-bond acceptors (Lipinski definition) is 5. The van der Waals surface area contributed by atoms with E-state index in [1.54, 1.807) is 0 Å².